The summed E-state index contributed by atoms with van der Waals surface area (Å²) in [5.74, 6) is 5.49. The van der Waals surface area contributed by atoms with E-state index in [1.165, 1.54) is 22.2 Å². The van der Waals surface area contributed by atoms with Crippen LogP contribution in [0.25, 0.3) is 5.65 Å². The zero-order valence-electron chi connectivity index (χ0n) is 9.83. The molecule has 2 aromatic heterocycles. The maximum Gasteiger partial charge on any atom is 0.258 e. The summed E-state index contributed by atoms with van der Waals surface area (Å²) in [5, 5.41) is 3.61. The van der Waals surface area contributed by atoms with Gasteiger partial charge in [0, 0.05) is 18.0 Å². The Balaban J connectivity index is 2.37. The van der Waals surface area contributed by atoms with E-state index in [0.29, 0.717) is 17.1 Å². The van der Waals surface area contributed by atoms with Crippen LogP contribution in [-0.2, 0) is 5.75 Å². The molecule has 18 heavy (non-hydrogen) atoms. The molecule has 0 saturated heterocycles. The third-order valence-corrected chi connectivity index (χ3v) is 3.20. The van der Waals surface area contributed by atoms with Crippen molar-refractivity contribution in [3.63, 3.8) is 0 Å². The molecule has 0 unspecified atom stereocenters. The van der Waals surface area contributed by atoms with Crippen LogP contribution < -0.4 is 17.1 Å². The fourth-order valence-corrected chi connectivity index (χ4v) is 2.04. The first-order chi connectivity index (χ1) is 8.60. The van der Waals surface area contributed by atoms with Crippen molar-refractivity contribution < 1.29 is 0 Å². The minimum Gasteiger partial charge on any atom is -0.377 e. The average molecular weight is 263 g/mol. The van der Waals surface area contributed by atoms with Gasteiger partial charge in [-0.05, 0) is 18.6 Å². The molecule has 4 N–H and O–H groups in total. The number of amidine groups is 1. The number of fused-ring (bicyclic) bond motifs is 1. The second kappa shape index (κ2) is 5.09. The molecule has 7 heteroatoms. The molecule has 0 aliphatic rings. The molecule has 0 bridgehead atoms. The molecule has 0 spiro atoms. The molecule has 0 aliphatic carbocycles. The number of hydrogen-bond acceptors (Lipinski definition) is 5. The number of hydrazone groups is 1. The number of rotatable bonds is 2. The first-order valence-electron chi connectivity index (χ1n) is 5.25. The summed E-state index contributed by atoms with van der Waals surface area (Å²) in [7, 11) is 0. The van der Waals surface area contributed by atoms with Crippen LogP contribution in [0.1, 0.15) is 11.3 Å². The van der Waals surface area contributed by atoms with Gasteiger partial charge >= 0.3 is 0 Å². The van der Waals surface area contributed by atoms with Crippen LogP contribution in [0.4, 0.5) is 0 Å². The third-order valence-electron chi connectivity index (χ3n) is 2.36. The number of thioether (sulfide) groups is 1. The van der Waals surface area contributed by atoms with Gasteiger partial charge in [0.05, 0.1) is 5.69 Å². The predicted octanol–water partition coefficient (Wildman–Crippen LogP) is 0.425. The summed E-state index contributed by atoms with van der Waals surface area (Å²) in [6.45, 7) is 1.92. The van der Waals surface area contributed by atoms with E-state index in [0.717, 1.165) is 5.56 Å². The molecule has 0 fully saturated rings. The number of aromatic nitrogens is 2. The van der Waals surface area contributed by atoms with E-state index in [2.05, 4.69) is 10.1 Å². The summed E-state index contributed by atoms with van der Waals surface area (Å²) < 4.78 is 1.52. The summed E-state index contributed by atoms with van der Waals surface area (Å²) in [6, 6.07) is 5.21. The molecule has 0 radical (unpaired) electrons. The van der Waals surface area contributed by atoms with Crippen molar-refractivity contribution in [2.45, 2.75) is 12.7 Å². The van der Waals surface area contributed by atoms with E-state index < -0.39 is 0 Å². The summed E-state index contributed by atoms with van der Waals surface area (Å²) in [6.07, 6.45) is 1.76. The largest absolute Gasteiger partial charge is 0.377 e. The van der Waals surface area contributed by atoms with Gasteiger partial charge < -0.3 is 11.6 Å². The lowest BCUT2D eigenvalue weighted by Crippen LogP contribution is -2.16. The Morgan fingerprint density at radius 2 is 2.33 bits per heavy atom. The van der Waals surface area contributed by atoms with Crippen molar-refractivity contribution in [1.82, 2.24) is 9.38 Å². The van der Waals surface area contributed by atoms with Crippen LogP contribution in [0.5, 0.6) is 0 Å². The maximum absolute atomic E-state index is 11.9. The smallest absolute Gasteiger partial charge is 0.258 e. The third kappa shape index (κ3) is 2.62. The zero-order chi connectivity index (χ0) is 13.1. The van der Waals surface area contributed by atoms with Gasteiger partial charge in [0.1, 0.15) is 5.65 Å². The van der Waals surface area contributed by atoms with Gasteiger partial charge in [0.15, 0.2) is 5.17 Å². The lowest BCUT2D eigenvalue weighted by molar-refractivity contribution is 1.00. The zero-order valence-corrected chi connectivity index (χ0v) is 10.6. The van der Waals surface area contributed by atoms with E-state index in [4.69, 9.17) is 11.6 Å². The molecule has 0 aromatic carbocycles. The highest BCUT2D eigenvalue weighted by Gasteiger charge is 2.04. The molecule has 2 aromatic rings. The van der Waals surface area contributed by atoms with E-state index in [1.54, 1.807) is 6.20 Å². The lowest BCUT2D eigenvalue weighted by Gasteiger charge is -2.04. The second-order valence-corrected chi connectivity index (χ2v) is 4.77. The van der Waals surface area contributed by atoms with Gasteiger partial charge in [0.25, 0.3) is 5.56 Å². The Kier molecular flexibility index (Phi) is 3.52. The second-order valence-electron chi connectivity index (χ2n) is 3.78. The Labute approximate surface area is 108 Å². The van der Waals surface area contributed by atoms with Crippen LogP contribution in [0.15, 0.2) is 34.3 Å². The SMILES string of the molecule is Cc1ccc2nc(CSC(N)=NN)cc(=O)n2c1. The van der Waals surface area contributed by atoms with Gasteiger partial charge in [-0.2, -0.15) is 5.10 Å². The Hall–Kier alpha value is -2.02. The normalized spacial score (nSPS) is 11.9. The molecule has 0 amide bonds. The summed E-state index contributed by atoms with van der Waals surface area (Å²) >= 11 is 1.24. The molecule has 6 nitrogen and oxygen atoms in total. The van der Waals surface area contributed by atoms with Crippen LogP contribution in [0.3, 0.4) is 0 Å². The number of pyridine rings is 1. The first kappa shape index (κ1) is 12.4. The van der Waals surface area contributed by atoms with Crippen molar-refractivity contribution in [2.24, 2.45) is 16.7 Å². The molecule has 0 atom stereocenters. The van der Waals surface area contributed by atoms with Crippen LogP contribution in [0.2, 0.25) is 0 Å². The Morgan fingerprint density at radius 3 is 3.06 bits per heavy atom. The van der Waals surface area contributed by atoms with Gasteiger partial charge in [-0.25, -0.2) is 4.98 Å². The van der Waals surface area contributed by atoms with Crippen molar-refractivity contribution in [1.29, 1.82) is 0 Å². The van der Waals surface area contributed by atoms with E-state index in [-0.39, 0.29) is 10.7 Å². The molecule has 2 heterocycles. The fraction of sp³-hybridized carbons (Fsp3) is 0.182. The quantitative estimate of drug-likeness (QED) is 0.354. The first-order valence-corrected chi connectivity index (χ1v) is 6.24. The summed E-state index contributed by atoms with van der Waals surface area (Å²) in [4.78, 5) is 16.3. The molecular formula is C11H13N5OS. The monoisotopic (exact) mass is 263 g/mol. The van der Waals surface area contributed by atoms with Crippen molar-refractivity contribution in [2.75, 3.05) is 0 Å². The van der Waals surface area contributed by atoms with Gasteiger partial charge in [-0.1, -0.05) is 17.8 Å². The Morgan fingerprint density at radius 1 is 1.56 bits per heavy atom. The Bertz CT molecular complexity index is 664. The molecular weight excluding hydrogens is 250 g/mol. The number of nitrogens with zero attached hydrogens (tertiary/aromatic N) is 3. The minimum atomic E-state index is -0.109. The van der Waals surface area contributed by atoms with Crippen molar-refractivity contribution >= 4 is 22.6 Å². The van der Waals surface area contributed by atoms with Gasteiger partial charge in [0.2, 0.25) is 0 Å². The number of aryl methyl sites for hydroxylation is 1. The fourth-order valence-electron chi connectivity index (χ4n) is 1.52. The molecule has 94 valence electrons. The van der Waals surface area contributed by atoms with Crippen molar-refractivity contribution in [3.05, 3.63) is 46.0 Å². The standard InChI is InChI=1S/C11H13N5OS/c1-7-2-3-9-14-8(6-18-11(12)15-13)4-10(17)16(9)5-7/h2-5H,6,13H2,1H3,(H2,12,15). The predicted molar refractivity (Wildman–Crippen MR) is 73.3 cm³/mol. The molecule has 0 saturated carbocycles. The van der Waals surface area contributed by atoms with Crippen molar-refractivity contribution in [3.8, 4) is 0 Å². The van der Waals surface area contributed by atoms with Gasteiger partial charge in [-0.3, -0.25) is 9.20 Å². The van der Waals surface area contributed by atoms with E-state index in [1.807, 2.05) is 19.1 Å². The molecule has 0 aliphatic heterocycles. The highest BCUT2D eigenvalue weighted by atomic mass is 32.2. The molecule has 2 rings (SSSR count). The lowest BCUT2D eigenvalue weighted by atomic mass is 10.3. The topological polar surface area (TPSA) is 98.8 Å². The van der Waals surface area contributed by atoms with E-state index in [9.17, 15) is 4.79 Å². The highest BCUT2D eigenvalue weighted by molar-refractivity contribution is 8.13. The summed E-state index contributed by atoms with van der Waals surface area (Å²) in [5.41, 5.74) is 7.64. The van der Waals surface area contributed by atoms with Gasteiger partial charge in [-0.15, -0.1) is 0 Å². The van der Waals surface area contributed by atoms with Crippen LogP contribution in [0, 0.1) is 6.92 Å². The highest BCUT2D eigenvalue weighted by Crippen LogP contribution is 2.09. The van der Waals surface area contributed by atoms with Crippen LogP contribution in [-0.4, -0.2) is 14.6 Å². The maximum atomic E-state index is 11.9. The number of hydrogen-bond donors (Lipinski definition) is 2. The van der Waals surface area contributed by atoms with E-state index >= 15 is 0 Å². The minimum absolute atomic E-state index is 0.109. The van der Waals surface area contributed by atoms with Crippen LogP contribution >= 0.6 is 11.8 Å². The number of nitrogens with two attached hydrogens (primary N) is 2. The average Bonchev–Trinajstić information content (AvgIpc) is 2.37.